The van der Waals surface area contributed by atoms with Crippen LogP contribution in [0.1, 0.15) is 126 Å². The lowest BCUT2D eigenvalue weighted by Gasteiger charge is -2.35. The Morgan fingerprint density at radius 2 is 0.942 bits per heavy atom. The fourth-order valence-corrected chi connectivity index (χ4v) is 13.4. The van der Waals surface area contributed by atoms with E-state index in [2.05, 4.69) is 109 Å². The SMILES string of the molecule is [2H]C([2H])([2H])c1cc2ncc1CCC1CC3CCc4ccc(nc4)-c4ccc(cc4)CCC4CC(CCc5ccc(cc5)-c5ccc(cn5)CCC(C3)C1)CC(CCc1ccc-2c2oc3nc(C)ccc3c12)C4. The molecule has 4 unspecified atom stereocenters. The molecule has 5 aromatic heterocycles. The first-order valence-corrected chi connectivity index (χ1v) is 26.5. The second-order valence-electron chi connectivity index (χ2n) is 22.0. The van der Waals surface area contributed by atoms with E-state index in [0.29, 0.717) is 58.9 Å². The van der Waals surface area contributed by atoms with E-state index < -0.39 is 6.85 Å². The minimum Gasteiger partial charge on any atom is -0.437 e. The molecule has 23 aliphatic rings. The van der Waals surface area contributed by atoms with E-state index in [1.54, 1.807) is 0 Å². The van der Waals surface area contributed by atoms with E-state index in [9.17, 15) is 0 Å². The fourth-order valence-electron chi connectivity index (χ4n) is 13.4. The van der Waals surface area contributed by atoms with Gasteiger partial charge in [0.25, 0.3) is 0 Å². The Labute approximate surface area is 413 Å². The highest BCUT2D eigenvalue weighted by Gasteiger charge is 2.31. The van der Waals surface area contributed by atoms with Gasteiger partial charge in [-0.3, -0.25) is 15.0 Å². The van der Waals surface area contributed by atoms with E-state index in [1.807, 2.05) is 19.2 Å². The predicted molar refractivity (Wildman–Crippen MR) is 282 cm³/mol. The zero-order valence-electron chi connectivity index (χ0n) is 43.4. The smallest absolute Gasteiger partial charge is 0.227 e. The lowest BCUT2D eigenvalue weighted by atomic mass is 9.70. The molecule has 31 rings (SSSR count). The Morgan fingerprint density at radius 3 is 1.45 bits per heavy atom. The monoisotopic (exact) mass is 912 g/mol. The number of nitrogens with zero attached hydrogens (tertiary/aromatic N) is 4. The molecule has 0 saturated heterocycles. The average Bonchev–Trinajstić information content (AvgIpc) is 3.78. The molecule has 69 heavy (non-hydrogen) atoms. The molecule has 350 valence electrons. The van der Waals surface area contributed by atoms with Crippen LogP contribution in [0.3, 0.4) is 0 Å². The van der Waals surface area contributed by atoms with Gasteiger partial charge in [0, 0.05) is 55.9 Å². The van der Waals surface area contributed by atoms with Crippen LogP contribution in [-0.2, 0) is 38.5 Å². The maximum atomic E-state index is 8.85. The maximum Gasteiger partial charge on any atom is 0.227 e. The minimum absolute atomic E-state index is 0.401. The van der Waals surface area contributed by atoms with Crippen molar-refractivity contribution >= 4 is 22.1 Å². The van der Waals surface area contributed by atoms with Gasteiger partial charge in [0.1, 0.15) is 5.58 Å². The van der Waals surface area contributed by atoms with Crippen molar-refractivity contribution in [2.24, 2.45) is 35.5 Å². The van der Waals surface area contributed by atoms with Crippen molar-refractivity contribution in [3.05, 3.63) is 166 Å². The predicted octanol–water partition coefficient (Wildman–Crippen LogP) is 15.9. The first kappa shape index (κ1) is 40.9. The van der Waals surface area contributed by atoms with E-state index >= 15 is 0 Å². The summed E-state index contributed by atoms with van der Waals surface area (Å²) in [5.41, 5.74) is 16.1. The second kappa shape index (κ2) is 19.5. The van der Waals surface area contributed by atoms with Crippen LogP contribution >= 0.6 is 0 Å². The van der Waals surface area contributed by atoms with Crippen LogP contribution in [0, 0.1) is 49.3 Å². The third kappa shape index (κ3) is 9.81. The minimum atomic E-state index is -2.29. The molecule has 0 N–H and O–H groups in total. The van der Waals surface area contributed by atoms with Gasteiger partial charge in [0.05, 0.1) is 17.1 Å². The summed E-state index contributed by atoms with van der Waals surface area (Å²) in [5, 5.41) is 2.10. The summed E-state index contributed by atoms with van der Waals surface area (Å²) in [6, 6.07) is 38.0. The molecule has 2 saturated carbocycles. The van der Waals surface area contributed by atoms with Crippen LogP contribution in [0.25, 0.3) is 55.8 Å². The molecule has 14 aliphatic heterocycles. The molecular formula is C64H68N4O. The standard InChI is InChI=1S/C64H68N4O/c1-41-31-61-57-28-26-55(62-58-27-3-42(2)68-64(58)69-63(57)62)24-16-51-34-47-8-4-43-12-20-53(21-13-43)59-29-18-45(38-65-59)6-10-49-33-50(37-52(36-49)17-25-56(41)40-67-61)11-7-46-19-30-60(66-39-46)54-22-14-44(15-23-54)5-9-48(32-47)35-51/h3,12-15,18-23,26-31,38-40,47-52H,4-11,16-17,24-25,32-37H2,1-2H3/i1D3. The molecule has 0 spiro atoms. The summed E-state index contributed by atoms with van der Waals surface area (Å²) in [5.74, 6) is 3.61. The average molecular weight is 912 g/mol. The van der Waals surface area contributed by atoms with Crippen LogP contribution in [-0.4, -0.2) is 19.9 Å². The molecule has 2 fully saturated rings. The molecule has 5 heteroatoms. The Hall–Kier alpha value is -5.94. The number of rotatable bonds is 0. The normalized spacial score (nSPS) is 24.2. The van der Waals surface area contributed by atoms with Crippen LogP contribution in [0.2, 0.25) is 0 Å². The van der Waals surface area contributed by atoms with Crippen LogP contribution < -0.4 is 0 Å². The Bertz CT molecular complexity index is 3060. The number of fused-ring (bicyclic) bond motifs is 1. The van der Waals surface area contributed by atoms with E-state index in [-0.39, 0.29) is 0 Å². The van der Waals surface area contributed by atoms with Gasteiger partial charge < -0.3 is 4.42 Å². The third-order valence-corrected chi connectivity index (χ3v) is 17.1. The Kier molecular flexibility index (Phi) is 11.5. The topological polar surface area (TPSA) is 64.7 Å². The molecule has 19 heterocycles. The third-order valence-electron chi connectivity index (χ3n) is 17.1. The van der Waals surface area contributed by atoms with Crippen molar-refractivity contribution in [1.82, 2.24) is 19.9 Å². The van der Waals surface area contributed by atoms with E-state index in [0.717, 1.165) is 115 Å². The van der Waals surface area contributed by atoms with Gasteiger partial charge in [0.2, 0.25) is 5.71 Å². The van der Waals surface area contributed by atoms with Gasteiger partial charge in [-0.2, -0.15) is 0 Å². The van der Waals surface area contributed by atoms with Gasteiger partial charge >= 0.3 is 0 Å². The summed E-state index contributed by atoms with van der Waals surface area (Å²) in [7, 11) is 0. The zero-order valence-corrected chi connectivity index (χ0v) is 40.4. The fraction of sp³-hybridized carbons (Fsp3) is 0.406. The number of aromatic nitrogens is 4. The van der Waals surface area contributed by atoms with Crippen LogP contribution in [0.5, 0.6) is 0 Å². The second-order valence-corrected chi connectivity index (χ2v) is 22.0. The number of hydrogen-bond acceptors (Lipinski definition) is 5. The lowest BCUT2D eigenvalue weighted by molar-refractivity contribution is 0.172. The number of pyridine rings is 4. The number of furan rings is 1. The van der Waals surface area contributed by atoms with Crippen molar-refractivity contribution in [3.8, 4) is 33.8 Å². The number of hydrogen-bond donors (Lipinski definition) is 0. The highest BCUT2D eigenvalue weighted by atomic mass is 16.3. The summed E-state index contributed by atoms with van der Waals surface area (Å²) >= 11 is 0. The first-order valence-electron chi connectivity index (χ1n) is 28.0. The van der Waals surface area contributed by atoms with Gasteiger partial charge in [-0.25, -0.2) is 4.98 Å². The Balaban J connectivity index is 0.945. The quantitative estimate of drug-likeness (QED) is 0.152. The molecular weight excluding hydrogens is 841 g/mol. The molecule has 5 nitrogen and oxygen atoms in total. The summed E-state index contributed by atoms with van der Waals surface area (Å²) in [4.78, 5) is 20.0. The summed E-state index contributed by atoms with van der Waals surface area (Å²) in [6.45, 7) is -0.284. The van der Waals surface area contributed by atoms with Crippen molar-refractivity contribution in [3.63, 3.8) is 0 Å². The number of benzene rings is 3. The van der Waals surface area contributed by atoms with E-state index in [1.165, 1.54) is 77.5 Å². The number of aryl methyl sites for hydroxylation is 8. The molecule has 18 bridgehead atoms. The molecule has 9 aliphatic carbocycles. The molecule has 0 amide bonds. The molecule has 8 aromatic rings. The van der Waals surface area contributed by atoms with Crippen molar-refractivity contribution in [1.29, 1.82) is 0 Å². The summed E-state index contributed by atoms with van der Waals surface area (Å²) < 4.78 is 33.3. The van der Waals surface area contributed by atoms with Gasteiger partial charge in [-0.05, 0) is 240 Å². The van der Waals surface area contributed by atoms with Crippen LogP contribution in [0.4, 0.5) is 0 Å². The van der Waals surface area contributed by atoms with Gasteiger partial charge in [-0.15, -0.1) is 0 Å². The highest BCUT2D eigenvalue weighted by Crippen LogP contribution is 2.44. The molecule has 0 radical (unpaired) electrons. The summed E-state index contributed by atoms with van der Waals surface area (Å²) in [6.07, 6.45) is 25.9. The maximum absolute atomic E-state index is 8.85. The van der Waals surface area contributed by atoms with Crippen molar-refractivity contribution < 1.29 is 8.53 Å². The first-order chi connectivity index (χ1) is 35.1. The highest BCUT2D eigenvalue weighted by molar-refractivity contribution is 6.10. The van der Waals surface area contributed by atoms with Crippen molar-refractivity contribution in [2.45, 2.75) is 129 Å². The lowest BCUT2D eigenvalue weighted by Crippen LogP contribution is -2.24. The van der Waals surface area contributed by atoms with Crippen molar-refractivity contribution in [2.75, 3.05) is 0 Å². The molecule has 4 atom stereocenters. The Morgan fingerprint density at radius 1 is 0.464 bits per heavy atom. The molecule has 3 aromatic carbocycles. The van der Waals surface area contributed by atoms with Gasteiger partial charge in [-0.1, -0.05) is 66.7 Å². The largest absolute Gasteiger partial charge is 0.437 e. The van der Waals surface area contributed by atoms with E-state index in [4.69, 9.17) is 28.5 Å². The van der Waals surface area contributed by atoms with Crippen LogP contribution in [0.15, 0.2) is 126 Å². The zero-order chi connectivity index (χ0) is 48.8. The van der Waals surface area contributed by atoms with Gasteiger partial charge in [0.15, 0.2) is 0 Å².